The molecule has 1 aromatic carbocycles. The molecule has 0 aliphatic carbocycles. The molecule has 0 aromatic heterocycles. The highest BCUT2D eigenvalue weighted by atomic mass is 19.3. The molecule has 0 amide bonds. The Morgan fingerprint density at radius 2 is 2.12 bits per heavy atom. The summed E-state index contributed by atoms with van der Waals surface area (Å²) in [6.45, 7) is 0. The number of carboxylic acids is 1. The molecule has 0 spiro atoms. The summed E-state index contributed by atoms with van der Waals surface area (Å²) in [5.41, 5.74) is 7.01. The summed E-state index contributed by atoms with van der Waals surface area (Å²) in [4.78, 5) is 10.4. The first kappa shape index (κ1) is 13.6. The first-order chi connectivity index (χ1) is 7.99. The summed E-state index contributed by atoms with van der Waals surface area (Å²) < 4.78 is 24.4. The van der Waals surface area contributed by atoms with E-state index in [0.717, 1.165) is 0 Å². The maximum atomic E-state index is 12.2. The number of rotatable bonds is 6. The lowest BCUT2D eigenvalue weighted by atomic mass is 10.00. The lowest BCUT2D eigenvalue weighted by molar-refractivity contribution is -0.137. The van der Waals surface area contributed by atoms with Gasteiger partial charge in [0.05, 0.1) is 0 Å². The van der Waals surface area contributed by atoms with E-state index in [0.29, 0.717) is 17.5 Å². The molecular weight excluding hydrogens is 228 g/mol. The number of halogens is 2. The Morgan fingerprint density at radius 3 is 2.71 bits per heavy atom. The highest BCUT2D eigenvalue weighted by Gasteiger charge is 2.10. The fourth-order valence-electron chi connectivity index (χ4n) is 1.57. The molecule has 17 heavy (non-hydrogen) atoms. The Bertz CT molecular complexity index is 383. The molecule has 1 unspecified atom stereocenters. The Labute approximate surface area is 98.2 Å². The molecule has 3 nitrogen and oxygen atoms in total. The van der Waals surface area contributed by atoms with Crippen LogP contribution in [0.3, 0.4) is 0 Å². The standard InChI is InChI=1S/C12H15F2NO2/c13-11(14)7-8-2-1-3-9(6-8)10(15)4-5-12(16)17/h1-3,6,10-11H,4-5,7,15H2,(H,16,17). The van der Waals surface area contributed by atoms with Crippen molar-refractivity contribution >= 4 is 5.97 Å². The number of nitrogens with two attached hydrogens (primary N) is 1. The third kappa shape index (κ3) is 4.91. The Morgan fingerprint density at radius 1 is 1.41 bits per heavy atom. The van der Waals surface area contributed by atoms with Crippen LogP contribution < -0.4 is 5.73 Å². The van der Waals surface area contributed by atoms with E-state index in [1.807, 2.05) is 0 Å². The first-order valence-corrected chi connectivity index (χ1v) is 5.33. The van der Waals surface area contributed by atoms with Crippen molar-refractivity contribution in [2.24, 2.45) is 5.73 Å². The van der Waals surface area contributed by atoms with Gasteiger partial charge >= 0.3 is 5.97 Å². The minimum atomic E-state index is -2.39. The largest absolute Gasteiger partial charge is 0.481 e. The van der Waals surface area contributed by atoms with Crippen LogP contribution in [0.2, 0.25) is 0 Å². The van der Waals surface area contributed by atoms with Gasteiger partial charge in [-0.3, -0.25) is 4.79 Å². The van der Waals surface area contributed by atoms with Gasteiger partial charge in [0, 0.05) is 18.9 Å². The maximum Gasteiger partial charge on any atom is 0.303 e. The molecule has 0 radical (unpaired) electrons. The number of carbonyl (C=O) groups is 1. The second-order valence-electron chi connectivity index (χ2n) is 3.88. The van der Waals surface area contributed by atoms with Gasteiger partial charge < -0.3 is 10.8 Å². The highest BCUT2D eigenvalue weighted by molar-refractivity contribution is 5.66. The van der Waals surface area contributed by atoms with E-state index < -0.39 is 18.4 Å². The van der Waals surface area contributed by atoms with Crippen LogP contribution in [-0.2, 0) is 11.2 Å². The molecule has 0 aliphatic heterocycles. The van der Waals surface area contributed by atoms with Gasteiger partial charge in [-0.05, 0) is 17.5 Å². The third-order valence-electron chi connectivity index (χ3n) is 2.44. The molecule has 0 heterocycles. The van der Waals surface area contributed by atoms with E-state index in [9.17, 15) is 13.6 Å². The lowest BCUT2D eigenvalue weighted by Gasteiger charge is -2.12. The second-order valence-corrected chi connectivity index (χ2v) is 3.88. The molecule has 0 aliphatic rings. The van der Waals surface area contributed by atoms with Crippen molar-refractivity contribution < 1.29 is 18.7 Å². The van der Waals surface area contributed by atoms with Crippen molar-refractivity contribution in [3.63, 3.8) is 0 Å². The SMILES string of the molecule is NC(CCC(=O)O)c1cccc(CC(F)F)c1. The zero-order valence-corrected chi connectivity index (χ0v) is 9.27. The summed E-state index contributed by atoms with van der Waals surface area (Å²) >= 11 is 0. The minimum absolute atomic E-state index is 0.0275. The van der Waals surface area contributed by atoms with E-state index in [-0.39, 0.29) is 12.8 Å². The Kier molecular flexibility index (Phi) is 5.03. The molecule has 1 aromatic rings. The highest BCUT2D eigenvalue weighted by Crippen LogP contribution is 2.18. The Hall–Kier alpha value is -1.49. The number of aliphatic carboxylic acids is 1. The van der Waals surface area contributed by atoms with E-state index in [1.165, 1.54) is 0 Å². The predicted octanol–water partition coefficient (Wildman–Crippen LogP) is 2.36. The van der Waals surface area contributed by atoms with Crippen LogP contribution >= 0.6 is 0 Å². The number of alkyl halides is 2. The van der Waals surface area contributed by atoms with Crippen LogP contribution in [0.15, 0.2) is 24.3 Å². The smallest absolute Gasteiger partial charge is 0.303 e. The van der Waals surface area contributed by atoms with Crippen molar-refractivity contribution in [1.82, 2.24) is 0 Å². The fourth-order valence-corrected chi connectivity index (χ4v) is 1.57. The summed E-state index contributed by atoms with van der Waals surface area (Å²) in [6.07, 6.45) is -2.42. The average molecular weight is 243 g/mol. The van der Waals surface area contributed by atoms with Gasteiger partial charge in [0.1, 0.15) is 0 Å². The van der Waals surface area contributed by atoms with Gasteiger partial charge in [-0.15, -0.1) is 0 Å². The molecule has 94 valence electrons. The fraction of sp³-hybridized carbons (Fsp3) is 0.417. The molecule has 1 atom stereocenters. The van der Waals surface area contributed by atoms with Crippen molar-refractivity contribution in [2.75, 3.05) is 0 Å². The quantitative estimate of drug-likeness (QED) is 0.806. The predicted molar refractivity (Wildman–Crippen MR) is 59.9 cm³/mol. The van der Waals surface area contributed by atoms with E-state index >= 15 is 0 Å². The zero-order chi connectivity index (χ0) is 12.8. The zero-order valence-electron chi connectivity index (χ0n) is 9.27. The summed E-state index contributed by atoms with van der Waals surface area (Å²) in [5, 5.41) is 8.53. The molecule has 0 saturated heterocycles. The second kappa shape index (κ2) is 6.30. The van der Waals surface area contributed by atoms with Crippen molar-refractivity contribution in [3.8, 4) is 0 Å². The van der Waals surface area contributed by atoms with E-state index in [1.54, 1.807) is 24.3 Å². The maximum absolute atomic E-state index is 12.2. The van der Waals surface area contributed by atoms with Crippen LogP contribution in [0, 0.1) is 0 Å². The van der Waals surface area contributed by atoms with Crippen LogP contribution in [0.1, 0.15) is 30.0 Å². The van der Waals surface area contributed by atoms with Gasteiger partial charge in [0.25, 0.3) is 0 Å². The summed E-state index contributed by atoms with van der Waals surface area (Å²) in [7, 11) is 0. The van der Waals surface area contributed by atoms with Crippen LogP contribution in [0.5, 0.6) is 0 Å². The van der Waals surface area contributed by atoms with Gasteiger partial charge in [-0.1, -0.05) is 24.3 Å². The molecule has 0 saturated carbocycles. The molecule has 5 heteroatoms. The normalized spacial score (nSPS) is 12.7. The first-order valence-electron chi connectivity index (χ1n) is 5.33. The number of hydrogen-bond acceptors (Lipinski definition) is 2. The van der Waals surface area contributed by atoms with Crippen LogP contribution in [-0.4, -0.2) is 17.5 Å². The number of carboxylic acid groups (broad SMARTS) is 1. The number of benzene rings is 1. The van der Waals surface area contributed by atoms with E-state index in [4.69, 9.17) is 10.8 Å². The topological polar surface area (TPSA) is 63.3 Å². The summed E-state index contributed by atoms with van der Waals surface area (Å²) in [6, 6.07) is 6.18. The molecule has 3 N–H and O–H groups in total. The molecule has 0 bridgehead atoms. The van der Waals surface area contributed by atoms with Crippen molar-refractivity contribution in [1.29, 1.82) is 0 Å². The summed E-state index contributed by atoms with van der Waals surface area (Å²) in [5.74, 6) is -0.913. The van der Waals surface area contributed by atoms with Crippen LogP contribution in [0.25, 0.3) is 0 Å². The van der Waals surface area contributed by atoms with Gasteiger partial charge in [0.15, 0.2) is 0 Å². The lowest BCUT2D eigenvalue weighted by Crippen LogP contribution is -2.12. The molecule has 0 fully saturated rings. The van der Waals surface area contributed by atoms with Crippen molar-refractivity contribution in [2.45, 2.75) is 31.7 Å². The van der Waals surface area contributed by atoms with Gasteiger partial charge in [0.2, 0.25) is 6.43 Å². The minimum Gasteiger partial charge on any atom is -0.481 e. The molecule has 1 rings (SSSR count). The molecular formula is C12H15F2NO2. The third-order valence-corrected chi connectivity index (χ3v) is 2.44. The monoisotopic (exact) mass is 243 g/mol. The number of hydrogen-bond donors (Lipinski definition) is 2. The average Bonchev–Trinajstić information content (AvgIpc) is 2.25. The Balaban J connectivity index is 2.66. The van der Waals surface area contributed by atoms with Crippen LogP contribution in [0.4, 0.5) is 8.78 Å². The van der Waals surface area contributed by atoms with Crippen molar-refractivity contribution in [3.05, 3.63) is 35.4 Å². The van der Waals surface area contributed by atoms with Gasteiger partial charge in [-0.2, -0.15) is 0 Å². The van der Waals surface area contributed by atoms with E-state index in [2.05, 4.69) is 0 Å². The van der Waals surface area contributed by atoms with Gasteiger partial charge in [-0.25, -0.2) is 8.78 Å².